The van der Waals surface area contributed by atoms with E-state index in [-0.39, 0.29) is 18.3 Å². The van der Waals surface area contributed by atoms with Crippen LogP contribution in [0.2, 0.25) is 0 Å². The van der Waals surface area contributed by atoms with Gasteiger partial charge in [-0.1, -0.05) is 31.4 Å². The van der Waals surface area contributed by atoms with Crippen molar-refractivity contribution in [2.75, 3.05) is 19.6 Å². The Balaban J connectivity index is 0.00000196. The average molecular weight is 377 g/mol. The maximum Gasteiger partial charge on any atom is 0.253 e. The van der Waals surface area contributed by atoms with Crippen molar-refractivity contribution in [3.63, 3.8) is 0 Å². The van der Waals surface area contributed by atoms with Gasteiger partial charge in [-0.25, -0.2) is 0 Å². The Kier molecular flexibility index (Phi) is 6.99. The summed E-state index contributed by atoms with van der Waals surface area (Å²) >= 11 is 0. The summed E-state index contributed by atoms with van der Waals surface area (Å²) in [5.41, 5.74) is 2.29. The monoisotopic (exact) mass is 376 g/mol. The summed E-state index contributed by atoms with van der Waals surface area (Å²) in [5, 5.41) is 3.69. The zero-order valence-electron chi connectivity index (χ0n) is 15.8. The molecule has 3 fully saturated rings. The second-order valence-electron chi connectivity index (χ2n) is 8.38. The molecule has 1 heterocycles. The van der Waals surface area contributed by atoms with Crippen LogP contribution in [0.4, 0.5) is 0 Å². The van der Waals surface area contributed by atoms with E-state index in [2.05, 4.69) is 29.6 Å². The van der Waals surface area contributed by atoms with E-state index in [1.807, 2.05) is 4.90 Å². The van der Waals surface area contributed by atoms with Gasteiger partial charge >= 0.3 is 0 Å². The standard InChI is InChI=1S/C22H32N2O.ClH/c25-22(24-14-12-21(13-15-24)23-16-17-6-7-17)20-10-8-19(9-11-20)18-4-2-1-3-5-18;/h8-11,17-18,21,23H,1-7,12-16H2;1H. The van der Waals surface area contributed by atoms with E-state index in [9.17, 15) is 4.79 Å². The maximum atomic E-state index is 12.8. The van der Waals surface area contributed by atoms with Crippen LogP contribution in [0.15, 0.2) is 24.3 Å². The molecule has 3 aliphatic rings. The molecule has 2 aliphatic carbocycles. The second kappa shape index (κ2) is 9.23. The quantitative estimate of drug-likeness (QED) is 0.803. The molecule has 144 valence electrons. The number of carbonyl (C=O) groups is 1. The number of carbonyl (C=O) groups excluding carboxylic acids is 1. The molecule has 0 atom stereocenters. The normalized spacial score (nSPS) is 22.1. The molecule has 1 amide bonds. The van der Waals surface area contributed by atoms with Gasteiger partial charge in [0.05, 0.1) is 0 Å². The van der Waals surface area contributed by atoms with E-state index >= 15 is 0 Å². The van der Waals surface area contributed by atoms with Crippen LogP contribution < -0.4 is 5.32 Å². The van der Waals surface area contributed by atoms with Crippen molar-refractivity contribution in [3.8, 4) is 0 Å². The molecular weight excluding hydrogens is 344 g/mol. The minimum Gasteiger partial charge on any atom is -0.339 e. The third-order valence-corrected chi connectivity index (χ3v) is 6.41. The summed E-state index contributed by atoms with van der Waals surface area (Å²) in [7, 11) is 0. The Morgan fingerprint density at radius 1 is 0.923 bits per heavy atom. The van der Waals surface area contributed by atoms with Gasteiger partial charge in [-0.2, -0.15) is 0 Å². The minimum atomic E-state index is 0. The zero-order chi connectivity index (χ0) is 17.1. The smallest absolute Gasteiger partial charge is 0.253 e. The molecule has 0 bridgehead atoms. The SMILES string of the molecule is Cl.O=C(c1ccc(C2CCCCC2)cc1)N1CCC(NCC2CC2)CC1. The molecule has 0 unspecified atom stereocenters. The van der Waals surface area contributed by atoms with Crippen molar-refractivity contribution in [3.05, 3.63) is 35.4 Å². The first kappa shape index (κ1) is 19.7. The second-order valence-corrected chi connectivity index (χ2v) is 8.38. The third kappa shape index (κ3) is 5.01. The number of piperidine rings is 1. The lowest BCUT2D eigenvalue weighted by Gasteiger charge is -2.32. The van der Waals surface area contributed by atoms with Gasteiger partial charge in [0.1, 0.15) is 0 Å². The van der Waals surface area contributed by atoms with Crippen LogP contribution in [0.5, 0.6) is 0 Å². The number of hydrogen-bond donors (Lipinski definition) is 1. The summed E-state index contributed by atoms with van der Waals surface area (Å²) in [5.74, 6) is 1.87. The maximum absolute atomic E-state index is 12.8. The van der Waals surface area contributed by atoms with E-state index < -0.39 is 0 Å². The number of halogens is 1. The molecule has 3 nitrogen and oxygen atoms in total. The number of amides is 1. The van der Waals surface area contributed by atoms with Crippen LogP contribution in [-0.4, -0.2) is 36.5 Å². The number of nitrogens with one attached hydrogen (secondary N) is 1. The van der Waals surface area contributed by atoms with Crippen molar-refractivity contribution in [1.82, 2.24) is 10.2 Å². The van der Waals surface area contributed by atoms with Crippen molar-refractivity contribution >= 4 is 18.3 Å². The summed E-state index contributed by atoms with van der Waals surface area (Å²) in [6.45, 7) is 2.97. The highest BCUT2D eigenvalue weighted by Gasteiger charge is 2.26. The molecule has 26 heavy (non-hydrogen) atoms. The van der Waals surface area contributed by atoms with Crippen molar-refractivity contribution < 1.29 is 4.79 Å². The van der Waals surface area contributed by atoms with Crippen LogP contribution >= 0.6 is 12.4 Å². The van der Waals surface area contributed by atoms with Crippen molar-refractivity contribution in [1.29, 1.82) is 0 Å². The molecule has 1 N–H and O–H groups in total. The topological polar surface area (TPSA) is 32.3 Å². The van der Waals surface area contributed by atoms with Gasteiger partial charge in [-0.15, -0.1) is 12.4 Å². The fraction of sp³-hybridized carbons (Fsp3) is 0.682. The van der Waals surface area contributed by atoms with Gasteiger partial charge in [0.2, 0.25) is 0 Å². The molecule has 0 spiro atoms. The first-order valence-electron chi connectivity index (χ1n) is 10.4. The van der Waals surface area contributed by atoms with Crippen LogP contribution in [0.3, 0.4) is 0 Å². The first-order valence-corrected chi connectivity index (χ1v) is 10.4. The van der Waals surface area contributed by atoms with Gasteiger partial charge in [-0.3, -0.25) is 4.79 Å². The molecule has 1 aromatic rings. The highest BCUT2D eigenvalue weighted by Crippen LogP contribution is 2.32. The number of hydrogen-bond acceptors (Lipinski definition) is 2. The predicted octanol–water partition coefficient (Wildman–Crippen LogP) is 4.76. The fourth-order valence-electron chi connectivity index (χ4n) is 4.46. The van der Waals surface area contributed by atoms with Crippen LogP contribution in [0.1, 0.15) is 79.6 Å². The Morgan fingerprint density at radius 3 is 2.19 bits per heavy atom. The molecule has 0 radical (unpaired) electrons. The van der Waals surface area contributed by atoms with E-state index in [0.717, 1.165) is 37.4 Å². The lowest BCUT2D eigenvalue weighted by atomic mass is 9.84. The first-order chi connectivity index (χ1) is 12.3. The summed E-state index contributed by atoms with van der Waals surface area (Å²) < 4.78 is 0. The van der Waals surface area contributed by atoms with Crippen LogP contribution in [-0.2, 0) is 0 Å². The van der Waals surface area contributed by atoms with Gasteiger partial charge in [0.15, 0.2) is 0 Å². The lowest BCUT2D eigenvalue weighted by molar-refractivity contribution is 0.0705. The highest BCUT2D eigenvalue weighted by molar-refractivity contribution is 5.94. The lowest BCUT2D eigenvalue weighted by Crippen LogP contribution is -2.45. The van der Waals surface area contributed by atoms with E-state index in [4.69, 9.17) is 0 Å². The van der Waals surface area contributed by atoms with Crippen molar-refractivity contribution in [2.45, 2.75) is 69.7 Å². The molecule has 4 heteroatoms. The highest BCUT2D eigenvalue weighted by atomic mass is 35.5. The van der Waals surface area contributed by atoms with Gasteiger partial charge in [-0.05, 0) is 74.6 Å². The summed E-state index contributed by atoms with van der Waals surface area (Å²) in [6.07, 6.45) is 11.7. The van der Waals surface area contributed by atoms with Gasteiger partial charge in [0.25, 0.3) is 5.91 Å². The van der Waals surface area contributed by atoms with Crippen LogP contribution in [0, 0.1) is 5.92 Å². The molecule has 1 aromatic carbocycles. The van der Waals surface area contributed by atoms with Crippen LogP contribution in [0.25, 0.3) is 0 Å². The number of likely N-dealkylation sites (tertiary alicyclic amines) is 1. The third-order valence-electron chi connectivity index (χ3n) is 6.41. The average Bonchev–Trinajstić information content (AvgIpc) is 3.52. The Labute approximate surface area is 164 Å². The predicted molar refractivity (Wildman–Crippen MR) is 109 cm³/mol. The Morgan fingerprint density at radius 2 is 1.58 bits per heavy atom. The number of benzene rings is 1. The van der Waals surface area contributed by atoms with Gasteiger partial charge < -0.3 is 10.2 Å². The van der Waals surface area contributed by atoms with E-state index in [1.165, 1.54) is 57.1 Å². The number of rotatable bonds is 5. The Bertz CT molecular complexity index is 570. The molecule has 1 saturated heterocycles. The molecule has 0 aromatic heterocycles. The molecule has 2 saturated carbocycles. The van der Waals surface area contributed by atoms with Crippen molar-refractivity contribution in [2.24, 2.45) is 5.92 Å². The summed E-state index contributed by atoms with van der Waals surface area (Å²) in [6, 6.07) is 9.13. The number of nitrogens with zero attached hydrogens (tertiary/aromatic N) is 1. The van der Waals surface area contributed by atoms with E-state index in [1.54, 1.807) is 0 Å². The fourth-order valence-corrected chi connectivity index (χ4v) is 4.46. The Hall–Kier alpha value is -1.06. The molecule has 4 rings (SSSR count). The largest absolute Gasteiger partial charge is 0.339 e. The minimum absolute atomic E-state index is 0. The van der Waals surface area contributed by atoms with Gasteiger partial charge in [0, 0.05) is 24.7 Å². The van der Waals surface area contributed by atoms with E-state index in [0.29, 0.717) is 12.0 Å². The summed E-state index contributed by atoms with van der Waals surface area (Å²) in [4.78, 5) is 14.8. The molecule has 1 aliphatic heterocycles. The molecular formula is C22H33ClN2O. The zero-order valence-corrected chi connectivity index (χ0v) is 16.6.